The largest absolute Gasteiger partial charge is 0.314 e. The Morgan fingerprint density at radius 1 is 1.10 bits per heavy atom. The van der Waals surface area contributed by atoms with E-state index < -0.39 is 10.0 Å². The maximum absolute atomic E-state index is 12.4. The Morgan fingerprint density at radius 3 is 2.30 bits per heavy atom. The van der Waals surface area contributed by atoms with Gasteiger partial charge in [0, 0.05) is 52.4 Å². The summed E-state index contributed by atoms with van der Waals surface area (Å²) in [5.41, 5.74) is 0. The molecule has 1 saturated heterocycles. The molecule has 1 rings (SSSR count). The molecule has 1 heterocycles. The van der Waals surface area contributed by atoms with Gasteiger partial charge in [0.05, 0.1) is 5.75 Å². The van der Waals surface area contributed by atoms with Gasteiger partial charge in [0.25, 0.3) is 0 Å². The number of hydrogen-bond acceptors (Lipinski definition) is 5. The molecule has 0 aliphatic carbocycles. The van der Waals surface area contributed by atoms with E-state index in [2.05, 4.69) is 10.2 Å². The standard InChI is InChI=1S/C13H30N4O2S/c1-4-7-17(11-10-15(2)3)20(18,19)13-12-16-8-5-14-6-9-16/h14H,4-13H2,1-3H3. The number of nitrogens with one attached hydrogen (secondary N) is 1. The quantitative estimate of drug-likeness (QED) is 0.622. The predicted octanol–water partition coefficient (Wildman–Crippen LogP) is -0.505. The minimum Gasteiger partial charge on any atom is -0.314 e. The topological polar surface area (TPSA) is 55.9 Å². The summed E-state index contributed by atoms with van der Waals surface area (Å²) in [6, 6.07) is 0. The molecule has 20 heavy (non-hydrogen) atoms. The minimum absolute atomic E-state index is 0.237. The molecule has 1 fully saturated rings. The van der Waals surface area contributed by atoms with Crippen LogP contribution in [0.25, 0.3) is 0 Å². The first-order chi connectivity index (χ1) is 9.45. The highest BCUT2D eigenvalue weighted by Gasteiger charge is 2.22. The van der Waals surface area contributed by atoms with Crippen molar-refractivity contribution >= 4 is 10.0 Å². The zero-order valence-corrected chi connectivity index (χ0v) is 14.0. The average molecular weight is 306 g/mol. The monoisotopic (exact) mass is 306 g/mol. The van der Waals surface area contributed by atoms with Gasteiger partial charge in [-0.15, -0.1) is 0 Å². The lowest BCUT2D eigenvalue weighted by atomic mass is 10.4. The SMILES string of the molecule is CCCN(CCN(C)C)S(=O)(=O)CCN1CCNCC1. The fourth-order valence-electron chi connectivity index (χ4n) is 2.26. The zero-order valence-electron chi connectivity index (χ0n) is 13.1. The van der Waals surface area contributed by atoms with E-state index in [0.29, 0.717) is 19.6 Å². The number of nitrogens with zero attached hydrogens (tertiary/aromatic N) is 3. The second kappa shape index (κ2) is 8.94. The molecule has 0 atom stereocenters. The molecule has 1 N–H and O–H groups in total. The van der Waals surface area contributed by atoms with Crippen LogP contribution in [-0.2, 0) is 10.0 Å². The third kappa shape index (κ3) is 6.49. The summed E-state index contributed by atoms with van der Waals surface area (Å²) < 4.78 is 26.5. The van der Waals surface area contributed by atoms with E-state index >= 15 is 0 Å². The van der Waals surface area contributed by atoms with Gasteiger partial charge in [-0.25, -0.2) is 12.7 Å². The van der Waals surface area contributed by atoms with Gasteiger partial charge in [-0.2, -0.15) is 0 Å². The Balaban J connectivity index is 2.48. The fourth-order valence-corrected chi connectivity index (χ4v) is 3.83. The van der Waals surface area contributed by atoms with E-state index in [1.165, 1.54) is 0 Å². The molecule has 6 nitrogen and oxygen atoms in total. The van der Waals surface area contributed by atoms with Crippen molar-refractivity contribution in [1.82, 2.24) is 19.4 Å². The van der Waals surface area contributed by atoms with Gasteiger partial charge in [-0.05, 0) is 20.5 Å². The van der Waals surface area contributed by atoms with E-state index in [1.54, 1.807) is 4.31 Å². The molecule has 0 aromatic carbocycles. The predicted molar refractivity (Wildman–Crippen MR) is 83.5 cm³/mol. The molecule has 0 unspecified atom stereocenters. The van der Waals surface area contributed by atoms with Gasteiger partial charge in [0.1, 0.15) is 0 Å². The molecular weight excluding hydrogens is 276 g/mol. The van der Waals surface area contributed by atoms with Crippen LogP contribution in [0.5, 0.6) is 0 Å². The van der Waals surface area contributed by atoms with E-state index in [9.17, 15) is 8.42 Å². The molecule has 0 aromatic heterocycles. The first-order valence-corrected chi connectivity index (χ1v) is 9.12. The van der Waals surface area contributed by atoms with Crippen molar-refractivity contribution in [1.29, 1.82) is 0 Å². The van der Waals surface area contributed by atoms with E-state index in [4.69, 9.17) is 0 Å². The average Bonchev–Trinajstić information content (AvgIpc) is 2.42. The molecular formula is C13H30N4O2S. The Labute approximate surface area is 124 Å². The van der Waals surface area contributed by atoms with Crippen LogP contribution >= 0.6 is 0 Å². The number of sulfonamides is 1. The Kier molecular flexibility index (Phi) is 7.98. The van der Waals surface area contributed by atoms with Crippen molar-refractivity contribution in [2.24, 2.45) is 0 Å². The Morgan fingerprint density at radius 2 is 1.75 bits per heavy atom. The van der Waals surface area contributed by atoms with Crippen molar-refractivity contribution in [3.63, 3.8) is 0 Å². The van der Waals surface area contributed by atoms with Crippen LogP contribution < -0.4 is 5.32 Å². The van der Waals surface area contributed by atoms with E-state index in [-0.39, 0.29) is 5.75 Å². The highest BCUT2D eigenvalue weighted by molar-refractivity contribution is 7.89. The second-order valence-electron chi connectivity index (χ2n) is 5.61. The van der Waals surface area contributed by atoms with Gasteiger partial charge in [-0.3, -0.25) is 4.90 Å². The van der Waals surface area contributed by atoms with Gasteiger partial charge in [0.2, 0.25) is 10.0 Å². The second-order valence-corrected chi connectivity index (χ2v) is 7.70. The fraction of sp³-hybridized carbons (Fsp3) is 1.00. The van der Waals surface area contributed by atoms with Crippen molar-refractivity contribution < 1.29 is 8.42 Å². The normalized spacial score (nSPS) is 18.1. The Bertz CT molecular complexity index is 353. The van der Waals surface area contributed by atoms with Crippen LogP contribution in [0.3, 0.4) is 0 Å². The smallest absolute Gasteiger partial charge is 0.215 e. The summed E-state index contributed by atoms with van der Waals surface area (Å²) in [5, 5.41) is 3.28. The van der Waals surface area contributed by atoms with Crippen LogP contribution in [0.4, 0.5) is 0 Å². The van der Waals surface area contributed by atoms with Crippen LogP contribution in [0.15, 0.2) is 0 Å². The van der Waals surface area contributed by atoms with E-state index in [1.807, 2.05) is 25.9 Å². The maximum atomic E-state index is 12.4. The number of hydrogen-bond donors (Lipinski definition) is 1. The molecule has 0 spiro atoms. The summed E-state index contributed by atoms with van der Waals surface area (Å²) >= 11 is 0. The molecule has 0 saturated carbocycles. The van der Waals surface area contributed by atoms with Crippen molar-refractivity contribution in [3.05, 3.63) is 0 Å². The third-order valence-electron chi connectivity index (χ3n) is 3.54. The summed E-state index contributed by atoms with van der Waals surface area (Å²) in [7, 11) is 0.804. The first kappa shape index (κ1) is 17.8. The van der Waals surface area contributed by atoms with Crippen molar-refractivity contribution in [2.45, 2.75) is 13.3 Å². The number of rotatable bonds is 9. The lowest BCUT2D eigenvalue weighted by molar-refractivity contribution is 0.251. The molecule has 0 bridgehead atoms. The highest BCUT2D eigenvalue weighted by atomic mass is 32.2. The molecule has 0 aromatic rings. The molecule has 1 aliphatic rings. The first-order valence-electron chi connectivity index (χ1n) is 7.51. The van der Waals surface area contributed by atoms with Crippen LogP contribution in [0, 0.1) is 0 Å². The lowest BCUT2D eigenvalue weighted by Crippen LogP contribution is -2.47. The Hall–Kier alpha value is -0.210. The zero-order chi connectivity index (χ0) is 15.0. The highest BCUT2D eigenvalue weighted by Crippen LogP contribution is 2.05. The minimum atomic E-state index is -3.13. The summed E-state index contributed by atoms with van der Waals surface area (Å²) in [5.74, 6) is 0.237. The summed E-state index contributed by atoms with van der Waals surface area (Å²) in [6.07, 6.45) is 0.861. The van der Waals surface area contributed by atoms with Crippen LogP contribution in [-0.4, -0.2) is 94.7 Å². The molecule has 0 radical (unpaired) electrons. The molecule has 1 aliphatic heterocycles. The lowest BCUT2D eigenvalue weighted by Gasteiger charge is -2.29. The van der Waals surface area contributed by atoms with Crippen LogP contribution in [0.1, 0.15) is 13.3 Å². The molecule has 120 valence electrons. The molecule has 7 heteroatoms. The van der Waals surface area contributed by atoms with Gasteiger partial charge < -0.3 is 10.2 Å². The van der Waals surface area contributed by atoms with Crippen molar-refractivity contribution in [3.8, 4) is 0 Å². The summed E-state index contributed by atoms with van der Waals surface area (Å²) in [4.78, 5) is 4.25. The number of likely N-dealkylation sites (N-methyl/N-ethyl adjacent to an activating group) is 1. The van der Waals surface area contributed by atoms with Gasteiger partial charge in [-0.1, -0.05) is 6.92 Å². The summed E-state index contributed by atoms with van der Waals surface area (Å²) in [6.45, 7) is 8.46. The third-order valence-corrected chi connectivity index (χ3v) is 5.39. The van der Waals surface area contributed by atoms with Crippen molar-refractivity contribution in [2.75, 3.05) is 72.2 Å². The van der Waals surface area contributed by atoms with Gasteiger partial charge >= 0.3 is 0 Å². The molecule has 0 amide bonds. The van der Waals surface area contributed by atoms with E-state index in [0.717, 1.165) is 39.1 Å². The van der Waals surface area contributed by atoms with Gasteiger partial charge in [0.15, 0.2) is 0 Å². The van der Waals surface area contributed by atoms with Crippen LogP contribution in [0.2, 0.25) is 0 Å². The number of piperazine rings is 1. The maximum Gasteiger partial charge on any atom is 0.215 e.